The Balaban J connectivity index is 2.30. The number of benzene rings is 1. The van der Waals surface area contributed by atoms with E-state index in [-0.39, 0.29) is 5.69 Å². The number of halogens is 1. The van der Waals surface area contributed by atoms with E-state index in [4.69, 9.17) is 4.42 Å². The van der Waals surface area contributed by atoms with Gasteiger partial charge in [0.05, 0.1) is 11.0 Å². The average molecular weight is 296 g/mol. The first-order valence-electron chi connectivity index (χ1n) is 5.55. The largest absolute Gasteiger partial charge is 0.460 e. The minimum atomic E-state index is -0.397. The fourth-order valence-electron chi connectivity index (χ4n) is 2.43. The second-order valence-corrected chi connectivity index (χ2v) is 5.12. The van der Waals surface area contributed by atoms with E-state index in [9.17, 15) is 10.1 Å². The van der Waals surface area contributed by atoms with Crippen LogP contribution in [0.4, 0.5) is 5.69 Å². The number of non-ortho nitro benzene ring substituents is 1. The molecular weight excluding hydrogens is 286 g/mol. The molecule has 0 saturated carbocycles. The van der Waals surface area contributed by atoms with Gasteiger partial charge in [-0.15, -0.1) is 0 Å². The number of nitro benzene ring substituents is 1. The zero-order chi connectivity index (χ0) is 12.0. The minimum Gasteiger partial charge on any atom is -0.460 e. The number of fused-ring (bicyclic) bond motifs is 3. The Morgan fingerprint density at radius 2 is 2.06 bits per heavy atom. The summed E-state index contributed by atoms with van der Waals surface area (Å²) >= 11 is 3.41. The molecule has 0 aliphatic heterocycles. The van der Waals surface area contributed by atoms with Gasteiger partial charge in [-0.3, -0.25) is 10.1 Å². The lowest BCUT2D eigenvalue weighted by atomic mass is 9.96. The Morgan fingerprint density at radius 1 is 1.29 bits per heavy atom. The number of hydrogen-bond donors (Lipinski definition) is 0. The number of furan rings is 1. The predicted octanol–water partition coefficient (Wildman–Crippen LogP) is 3.98. The Labute approximate surface area is 106 Å². The molecular formula is C12H10BrNO3. The molecule has 2 aromatic rings. The first-order chi connectivity index (χ1) is 8.16. The summed E-state index contributed by atoms with van der Waals surface area (Å²) in [6.07, 6.45) is 4.22. The molecule has 1 aliphatic rings. The summed E-state index contributed by atoms with van der Waals surface area (Å²) in [4.78, 5) is 10.4. The molecule has 4 nitrogen and oxygen atoms in total. The highest BCUT2D eigenvalue weighted by molar-refractivity contribution is 9.10. The van der Waals surface area contributed by atoms with E-state index in [0.717, 1.165) is 41.3 Å². The van der Waals surface area contributed by atoms with Crippen molar-refractivity contribution in [2.45, 2.75) is 25.7 Å². The van der Waals surface area contributed by atoms with Crippen molar-refractivity contribution in [2.75, 3.05) is 0 Å². The predicted molar refractivity (Wildman–Crippen MR) is 67.2 cm³/mol. The fraction of sp³-hybridized carbons (Fsp3) is 0.333. The molecule has 5 heteroatoms. The summed E-state index contributed by atoms with van der Waals surface area (Å²) in [7, 11) is 0. The van der Waals surface area contributed by atoms with Crippen LogP contribution in [0.3, 0.4) is 0 Å². The van der Waals surface area contributed by atoms with Crippen molar-refractivity contribution in [1.82, 2.24) is 0 Å². The molecule has 0 N–H and O–H groups in total. The lowest BCUT2D eigenvalue weighted by molar-refractivity contribution is -0.384. The lowest BCUT2D eigenvalue weighted by Crippen LogP contribution is -1.98. The molecule has 1 aromatic heterocycles. The third-order valence-corrected chi connectivity index (χ3v) is 3.83. The smallest absolute Gasteiger partial charge is 0.274 e. The Bertz CT molecular complexity index is 618. The highest BCUT2D eigenvalue weighted by Gasteiger charge is 2.22. The molecule has 0 spiro atoms. The lowest BCUT2D eigenvalue weighted by Gasteiger charge is -2.08. The zero-order valence-corrected chi connectivity index (χ0v) is 10.6. The highest BCUT2D eigenvalue weighted by Crippen LogP contribution is 2.38. The van der Waals surface area contributed by atoms with Gasteiger partial charge in [0.15, 0.2) is 0 Å². The molecule has 0 saturated heterocycles. The number of hydrogen-bond acceptors (Lipinski definition) is 3. The van der Waals surface area contributed by atoms with Gasteiger partial charge in [0, 0.05) is 27.9 Å². The van der Waals surface area contributed by atoms with E-state index >= 15 is 0 Å². The van der Waals surface area contributed by atoms with E-state index in [1.807, 2.05) is 0 Å². The van der Waals surface area contributed by atoms with Crippen LogP contribution in [0.1, 0.15) is 24.2 Å². The fourth-order valence-corrected chi connectivity index (χ4v) is 3.10. The molecule has 0 unspecified atom stereocenters. The van der Waals surface area contributed by atoms with E-state index in [1.54, 1.807) is 6.07 Å². The van der Waals surface area contributed by atoms with E-state index < -0.39 is 4.92 Å². The molecule has 0 atom stereocenters. The van der Waals surface area contributed by atoms with Gasteiger partial charge in [0.25, 0.3) is 5.69 Å². The Kier molecular flexibility index (Phi) is 2.43. The van der Waals surface area contributed by atoms with Crippen LogP contribution >= 0.6 is 15.9 Å². The number of nitrogens with zero attached hydrogens (tertiary/aromatic N) is 1. The maximum Gasteiger partial charge on any atom is 0.274 e. The van der Waals surface area contributed by atoms with Crippen LogP contribution in [-0.2, 0) is 12.8 Å². The molecule has 88 valence electrons. The van der Waals surface area contributed by atoms with Crippen LogP contribution in [0.25, 0.3) is 11.0 Å². The molecule has 1 heterocycles. The summed E-state index contributed by atoms with van der Waals surface area (Å²) in [5, 5.41) is 11.8. The van der Waals surface area contributed by atoms with Gasteiger partial charge < -0.3 is 4.42 Å². The van der Waals surface area contributed by atoms with Crippen molar-refractivity contribution < 1.29 is 9.34 Å². The third kappa shape index (κ3) is 1.65. The second kappa shape index (κ2) is 3.84. The summed E-state index contributed by atoms with van der Waals surface area (Å²) in [6.45, 7) is 0. The number of aryl methyl sites for hydroxylation is 2. The summed E-state index contributed by atoms with van der Waals surface area (Å²) in [5.41, 5.74) is 1.90. The number of rotatable bonds is 1. The van der Waals surface area contributed by atoms with Crippen LogP contribution in [0, 0.1) is 10.1 Å². The van der Waals surface area contributed by atoms with Crippen LogP contribution in [-0.4, -0.2) is 4.92 Å². The number of nitro groups is 1. The van der Waals surface area contributed by atoms with E-state index in [0.29, 0.717) is 5.58 Å². The van der Waals surface area contributed by atoms with Gasteiger partial charge in [0.2, 0.25) is 0 Å². The van der Waals surface area contributed by atoms with Crippen LogP contribution in [0.5, 0.6) is 0 Å². The van der Waals surface area contributed by atoms with Crippen LogP contribution in [0.15, 0.2) is 21.0 Å². The Morgan fingerprint density at radius 3 is 2.82 bits per heavy atom. The third-order valence-electron chi connectivity index (χ3n) is 3.20. The van der Waals surface area contributed by atoms with Crippen molar-refractivity contribution in [2.24, 2.45) is 0 Å². The van der Waals surface area contributed by atoms with Crippen molar-refractivity contribution >= 4 is 32.6 Å². The molecule has 0 fully saturated rings. The van der Waals surface area contributed by atoms with Gasteiger partial charge in [-0.1, -0.05) is 0 Å². The average Bonchev–Trinajstić information content (AvgIpc) is 2.67. The van der Waals surface area contributed by atoms with Gasteiger partial charge in [0.1, 0.15) is 11.3 Å². The molecule has 3 rings (SSSR count). The van der Waals surface area contributed by atoms with E-state index in [1.165, 1.54) is 11.6 Å². The monoisotopic (exact) mass is 295 g/mol. The van der Waals surface area contributed by atoms with Crippen LogP contribution < -0.4 is 0 Å². The minimum absolute atomic E-state index is 0.0653. The Hall–Kier alpha value is -1.36. The molecule has 0 bridgehead atoms. The highest BCUT2D eigenvalue weighted by atomic mass is 79.9. The maximum atomic E-state index is 10.8. The van der Waals surface area contributed by atoms with Crippen molar-refractivity contribution in [3.05, 3.63) is 38.0 Å². The normalized spacial score (nSPS) is 14.9. The van der Waals surface area contributed by atoms with Crippen molar-refractivity contribution in [3.8, 4) is 0 Å². The SMILES string of the molecule is O=[N+]([O-])c1cc(Br)c2c3c(oc2c1)CCCC3. The van der Waals surface area contributed by atoms with Gasteiger partial charge in [-0.25, -0.2) is 0 Å². The van der Waals surface area contributed by atoms with Gasteiger partial charge in [-0.05, 0) is 35.2 Å². The summed E-state index contributed by atoms with van der Waals surface area (Å²) < 4.78 is 6.49. The zero-order valence-electron chi connectivity index (χ0n) is 9.03. The molecule has 0 radical (unpaired) electrons. The standard InChI is InChI=1S/C12H10BrNO3/c13-9-5-7(14(15)16)6-11-12(9)8-3-1-2-4-10(8)17-11/h5-6H,1-4H2. The first-order valence-corrected chi connectivity index (χ1v) is 6.34. The molecule has 17 heavy (non-hydrogen) atoms. The van der Waals surface area contributed by atoms with Crippen molar-refractivity contribution in [1.29, 1.82) is 0 Å². The summed E-state index contributed by atoms with van der Waals surface area (Å²) in [5.74, 6) is 0.993. The van der Waals surface area contributed by atoms with E-state index in [2.05, 4.69) is 15.9 Å². The van der Waals surface area contributed by atoms with Crippen LogP contribution in [0.2, 0.25) is 0 Å². The summed E-state index contributed by atoms with van der Waals surface area (Å²) in [6, 6.07) is 3.06. The van der Waals surface area contributed by atoms with Gasteiger partial charge in [-0.2, -0.15) is 0 Å². The molecule has 0 amide bonds. The topological polar surface area (TPSA) is 56.3 Å². The quantitative estimate of drug-likeness (QED) is 0.590. The van der Waals surface area contributed by atoms with Gasteiger partial charge >= 0.3 is 0 Å². The van der Waals surface area contributed by atoms with Crippen molar-refractivity contribution in [3.63, 3.8) is 0 Å². The maximum absolute atomic E-state index is 10.8. The second-order valence-electron chi connectivity index (χ2n) is 4.27. The molecule has 1 aliphatic carbocycles. The first kappa shape index (κ1) is 10.8. The molecule has 1 aromatic carbocycles.